The summed E-state index contributed by atoms with van der Waals surface area (Å²) in [5.41, 5.74) is 1.29. The number of carbonyl (C=O) groups is 1. The molecule has 120 valence electrons. The van der Waals surface area contributed by atoms with Crippen LogP contribution in [0.5, 0.6) is 0 Å². The van der Waals surface area contributed by atoms with Crippen molar-refractivity contribution in [1.82, 2.24) is 15.1 Å². The van der Waals surface area contributed by atoms with E-state index in [1.807, 2.05) is 19.1 Å². The highest BCUT2D eigenvalue weighted by atomic mass is 35.5. The zero-order chi connectivity index (χ0) is 15.5. The van der Waals surface area contributed by atoms with E-state index >= 15 is 0 Å². The Kier molecular flexibility index (Phi) is 5.01. The topological polar surface area (TPSA) is 35.6 Å². The van der Waals surface area contributed by atoms with E-state index in [9.17, 15) is 4.79 Å². The van der Waals surface area contributed by atoms with Gasteiger partial charge in [-0.3, -0.25) is 14.6 Å². The maximum Gasteiger partial charge on any atom is 0.237 e. The first-order chi connectivity index (χ1) is 10.6. The number of benzene rings is 1. The van der Waals surface area contributed by atoms with Crippen LogP contribution in [0.4, 0.5) is 0 Å². The van der Waals surface area contributed by atoms with E-state index in [0.29, 0.717) is 6.04 Å². The second-order valence-corrected chi connectivity index (χ2v) is 6.83. The second kappa shape index (κ2) is 6.99. The molecule has 22 heavy (non-hydrogen) atoms. The molecule has 1 amide bonds. The van der Waals surface area contributed by atoms with Crippen LogP contribution in [-0.4, -0.2) is 54.0 Å². The van der Waals surface area contributed by atoms with Gasteiger partial charge in [0.15, 0.2) is 0 Å². The van der Waals surface area contributed by atoms with Crippen LogP contribution in [0.1, 0.15) is 25.3 Å². The van der Waals surface area contributed by atoms with Gasteiger partial charge in [0.2, 0.25) is 5.91 Å². The normalized spacial score (nSPS) is 21.5. The summed E-state index contributed by atoms with van der Waals surface area (Å²) in [6.07, 6.45) is 2.29. The Morgan fingerprint density at radius 1 is 1.23 bits per heavy atom. The molecule has 1 aliphatic heterocycles. The molecule has 1 aromatic carbocycles. The highest BCUT2D eigenvalue weighted by molar-refractivity contribution is 6.30. The number of carbonyl (C=O) groups excluding carboxylic acids is 1. The number of nitrogens with zero attached hydrogens (tertiary/aromatic N) is 2. The Morgan fingerprint density at radius 3 is 2.45 bits per heavy atom. The van der Waals surface area contributed by atoms with Gasteiger partial charge < -0.3 is 5.32 Å². The summed E-state index contributed by atoms with van der Waals surface area (Å²) in [5.74, 6) is 0.189. The molecule has 4 nitrogen and oxygen atoms in total. The van der Waals surface area contributed by atoms with Crippen molar-refractivity contribution in [1.29, 1.82) is 0 Å². The van der Waals surface area contributed by atoms with Gasteiger partial charge in [0, 0.05) is 43.8 Å². The standard InChI is InChI=1S/C17H24ClN3O/c1-13(17(22)19-16-6-7-16)21-10-8-20(9-11-21)12-14-2-4-15(18)5-3-14/h2-5,13,16H,6-12H2,1H3,(H,19,22)/t13-/m1/s1. The minimum atomic E-state index is -0.0155. The van der Waals surface area contributed by atoms with Crippen molar-refractivity contribution in [3.63, 3.8) is 0 Å². The Bertz CT molecular complexity index is 507. The van der Waals surface area contributed by atoms with E-state index in [2.05, 4.69) is 27.2 Å². The van der Waals surface area contributed by atoms with Gasteiger partial charge in [-0.1, -0.05) is 23.7 Å². The number of amides is 1. The molecule has 0 unspecified atom stereocenters. The quantitative estimate of drug-likeness (QED) is 0.902. The van der Waals surface area contributed by atoms with Gasteiger partial charge in [-0.05, 0) is 37.5 Å². The fourth-order valence-electron chi connectivity index (χ4n) is 2.87. The summed E-state index contributed by atoms with van der Waals surface area (Å²) in [7, 11) is 0. The molecule has 0 aromatic heterocycles. The van der Waals surface area contributed by atoms with Crippen molar-refractivity contribution < 1.29 is 4.79 Å². The largest absolute Gasteiger partial charge is 0.352 e. The van der Waals surface area contributed by atoms with Gasteiger partial charge >= 0.3 is 0 Å². The molecule has 1 N–H and O–H groups in total. The van der Waals surface area contributed by atoms with Crippen LogP contribution < -0.4 is 5.32 Å². The van der Waals surface area contributed by atoms with Crippen LogP contribution in [0.25, 0.3) is 0 Å². The average molecular weight is 322 g/mol. The number of piperazine rings is 1. The molecular weight excluding hydrogens is 298 g/mol. The molecule has 1 heterocycles. The smallest absolute Gasteiger partial charge is 0.237 e. The Hall–Kier alpha value is -1.10. The van der Waals surface area contributed by atoms with Crippen molar-refractivity contribution in [3.8, 4) is 0 Å². The first kappa shape index (κ1) is 15.8. The maximum atomic E-state index is 12.1. The molecule has 0 radical (unpaired) electrons. The summed E-state index contributed by atoms with van der Waals surface area (Å²) >= 11 is 5.92. The molecule has 1 saturated heterocycles. The van der Waals surface area contributed by atoms with Crippen molar-refractivity contribution in [2.75, 3.05) is 26.2 Å². The fourth-order valence-corrected chi connectivity index (χ4v) is 3.00. The number of hydrogen-bond acceptors (Lipinski definition) is 3. The first-order valence-corrected chi connectivity index (χ1v) is 8.51. The molecule has 0 bridgehead atoms. The van der Waals surface area contributed by atoms with Crippen molar-refractivity contribution in [2.24, 2.45) is 0 Å². The molecule has 2 aliphatic rings. The fraction of sp³-hybridized carbons (Fsp3) is 0.588. The van der Waals surface area contributed by atoms with E-state index in [1.165, 1.54) is 5.56 Å². The SMILES string of the molecule is C[C@H](C(=O)NC1CC1)N1CCN(Cc2ccc(Cl)cc2)CC1. The molecule has 5 heteroatoms. The highest BCUT2D eigenvalue weighted by Crippen LogP contribution is 2.19. The molecule has 1 aliphatic carbocycles. The number of rotatable bonds is 5. The summed E-state index contributed by atoms with van der Waals surface area (Å²) in [4.78, 5) is 16.8. The van der Waals surface area contributed by atoms with Crippen LogP contribution in [0.2, 0.25) is 5.02 Å². The van der Waals surface area contributed by atoms with Crippen molar-refractivity contribution in [2.45, 2.75) is 38.4 Å². The van der Waals surface area contributed by atoms with E-state index in [0.717, 1.165) is 50.6 Å². The Labute approximate surface area is 137 Å². The third-order valence-corrected chi connectivity index (χ3v) is 4.83. The van der Waals surface area contributed by atoms with Crippen LogP contribution in [0, 0.1) is 0 Å². The summed E-state index contributed by atoms with van der Waals surface area (Å²) in [6, 6.07) is 8.48. The summed E-state index contributed by atoms with van der Waals surface area (Å²) in [6.45, 7) is 6.88. The first-order valence-electron chi connectivity index (χ1n) is 8.13. The van der Waals surface area contributed by atoms with Gasteiger partial charge in [-0.15, -0.1) is 0 Å². The summed E-state index contributed by atoms with van der Waals surface area (Å²) < 4.78 is 0. The zero-order valence-electron chi connectivity index (χ0n) is 13.1. The minimum Gasteiger partial charge on any atom is -0.352 e. The van der Waals surface area contributed by atoms with Gasteiger partial charge in [-0.25, -0.2) is 0 Å². The Morgan fingerprint density at radius 2 is 1.86 bits per heavy atom. The predicted molar refractivity (Wildman–Crippen MR) is 88.9 cm³/mol. The number of halogens is 1. The van der Waals surface area contributed by atoms with Crippen molar-refractivity contribution >= 4 is 17.5 Å². The third kappa shape index (κ3) is 4.22. The second-order valence-electron chi connectivity index (χ2n) is 6.40. The van der Waals surface area contributed by atoms with E-state index in [-0.39, 0.29) is 11.9 Å². The molecule has 2 fully saturated rings. The lowest BCUT2D eigenvalue weighted by atomic mass is 10.1. The van der Waals surface area contributed by atoms with E-state index in [1.54, 1.807) is 0 Å². The van der Waals surface area contributed by atoms with Crippen LogP contribution in [0.3, 0.4) is 0 Å². The van der Waals surface area contributed by atoms with E-state index in [4.69, 9.17) is 11.6 Å². The molecule has 1 atom stereocenters. The van der Waals surface area contributed by atoms with Gasteiger partial charge in [0.1, 0.15) is 0 Å². The average Bonchev–Trinajstić information content (AvgIpc) is 3.33. The lowest BCUT2D eigenvalue weighted by Gasteiger charge is -2.37. The summed E-state index contributed by atoms with van der Waals surface area (Å²) in [5, 5.41) is 3.88. The molecule has 1 aromatic rings. The lowest BCUT2D eigenvalue weighted by molar-refractivity contribution is -0.126. The van der Waals surface area contributed by atoms with Gasteiger partial charge in [-0.2, -0.15) is 0 Å². The number of nitrogens with one attached hydrogen (secondary N) is 1. The highest BCUT2D eigenvalue weighted by Gasteiger charge is 2.29. The third-order valence-electron chi connectivity index (χ3n) is 4.58. The monoisotopic (exact) mass is 321 g/mol. The van der Waals surface area contributed by atoms with E-state index < -0.39 is 0 Å². The number of hydrogen-bond donors (Lipinski definition) is 1. The molecule has 0 spiro atoms. The minimum absolute atomic E-state index is 0.0155. The molecular formula is C17H24ClN3O. The van der Waals surface area contributed by atoms with Crippen molar-refractivity contribution in [3.05, 3.63) is 34.9 Å². The molecule has 1 saturated carbocycles. The van der Waals surface area contributed by atoms with Crippen LogP contribution in [-0.2, 0) is 11.3 Å². The lowest BCUT2D eigenvalue weighted by Crippen LogP contribution is -2.53. The van der Waals surface area contributed by atoms with Gasteiger partial charge in [0.25, 0.3) is 0 Å². The zero-order valence-corrected chi connectivity index (χ0v) is 13.9. The maximum absolute atomic E-state index is 12.1. The molecule has 3 rings (SSSR count). The predicted octanol–water partition coefficient (Wildman–Crippen LogP) is 2.12. The van der Waals surface area contributed by atoms with Gasteiger partial charge in [0.05, 0.1) is 6.04 Å². The van der Waals surface area contributed by atoms with Crippen LogP contribution in [0.15, 0.2) is 24.3 Å². The van der Waals surface area contributed by atoms with Crippen LogP contribution >= 0.6 is 11.6 Å². The Balaban J connectivity index is 1.45.